The zero-order valence-electron chi connectivity index (χ0n) is 14.5. The van der Waals surface area contributed by atoms with E-state index in [-0.39, 0.29) is 11.6 Å². The molecule has 0 aliphatic rings. The normalized spacial score (nSPS) is 11.0. The maximum absolute atomic E-state index is 13.5. The summed E-state index contributed by atoms with van der Waals surface area (Å²) in [5.74, 6) is -0.632. The molecule has 1 N–H and O–H groups in total. The molecule has 0 heterocycles. The second-order valence-corrected chi connectivity index (χ2v) is 9.00. The lowest BCUT2D eigenvalue weighted by atomic mass is 10.2. The predicted molar refractivity (Wildman–Crippen MR) is 104 cm³/mol. The van der Waals surface area contributed by atoms with Gasteiger partial charge in [-0.2, -0.15) is 17.0 Å². The summed E-state index contributed by atoms with van der Waals surface area (Å²) < 4.78 is 37.7. The minimum Gasteiger partial charge on any atom is -0.354 e. The summed E-state index contributed by atoms with van der Waals surface area (Å²) in [4.78, 5) is 11.8. The molecule has 0 aliphatic heterocycles. The number of benzene rings is 2. The van der Waals surface area contributed by atoms with Crippen LogP contribution in [0.5, 0.6) is 0 Å². The van der Waals surface area contributed by atoms with Gasteiger partial charge in [0.2, 0.25) is 5.91 Å². The molecule has 0 saturated carbocycles. The summed E-state index contributed by atoms with van der Waals surface area (Å²) in [6.45, 7) is 0.310. The van der Waals surface area contributed by atoms with Crippen LogP contribution in [0, 0.1) is 17.1 Å². The third-order valence-corrected chi connectivity index (χ3v) is 6.09. The number of nitriles is 1. The average molecular weight is 407 g/mol. The molecule has 142 valence electrons. The summed E-state index contributed by atoms with van der Waals surface area (Å²) in [5, 5.41) is 11.3. The van der Waals surface area contributed by atoms with E-state index < -0.39 is 21.5 Å². The molecule has 2 rings (SSSR count). The number of nitrogens with one attached hydrogen (secondary N) is 1. The third-order valence-electron chi connectivity index (χ3n) is 3.60. The quantitative estimate of drug-likeness (QED) is 0.647. The van der Waals surface area contributed by atoms with Gasteiger partial charge in [-0.15, -0.1) is 0 Å². The molecule has 27 heavy (non-hydrogen) atoms. The van der Waals surface area contributed by atoms with Crippen molar-refractivity contribution < 1.29 is 17.6 Å². The van der Waals surface area contributed by atoms with Gasteiger partial charge < -0.3 is 5.32 Å². The van der Waals surface area contributed by atoms with E-state index in [0.717, 1.165) is 0 Å². The number of carbonyl (C=O) groups excluding carboxylic acids is 1. The number of sulfone groups is 1. The molecule has 0 aliphatic carbocycles. The van der Waals surface area contributed by atoms with Gasteiger partial charge >= 0.3 is 0 Å². The minimum atomic E-state index is -3.60. The monoisotopic (exact) mass is 406 g/mol. The molecule has 0 radical (unpaired) electrons. The largest absolute Gasteiger partial charge is 0.354 e. The minimum absolute atomic E-state index is 0.256. The first-order valence-corrected chi connectivity index (χ1v) is 11.1. The van der Waals surface area contributed by atoms with E-state index in [1.807, 2.05) is 6.07 Å². The number of amides is 1. The van der Waals surface area contributed by atoms with Crippen LogP contribution < -0.4 is 5.32 Å². The second-order valence-electron chi connectivity index (χ2n) is 5.83. The van der Waals surface area contributed by atoms with Crippen LogP contribution in [0.15, 0.2) is 48.5 Å². The van der Waals surface area contributed by atoms with E-state index in [9.17, 15) is 17.6 Å². The highest BCUT2D eigenvalue weighted by Crippen LogP contribution is 2.14. The Bertz CT molecular complexity index is 923. The highest BCUT2D eigenvalue weighted by Gasteiger charge is 2.17. The lowest BCUT2D eigenvalue weighted by molar-refractivity contribution is -0.118. The van der Waals surface area contributed by atoms with Gasteiger partial charge in [0, 0.05) is 18.1 Å². The van der Waals surface area contributed by atoms with E-state index in [1.54, 1.807) is 30.3 Å². The van der Waals surface area contributed by atoms with Crippen molar-refractivity contribution in [2.24, 2.45) is 0 Å². The van der Waals surface area contributed by atoms with Gasteiger partial charge in [0.05, 0.1) is 17.4 Å². The smallest absolute Gasteiger partial charge is 0.235 e. The lowest BCUT2D eigenvalue weighted by Crippen LogP contribution is -2.32. The van der Waals surface area contributed by atoms with Gasteiger partial charge in [0.25, 0.3) is 0 Å². The van der Waals surface area contributed by atoms with Crippen molar-refractivity contribution in [3.05, 3.63) is 71.0 Å². The molecular weight excluding hydrogens is 387 g/mol. The number of hydrogen-bond acceptors (Lipinski definition) is 5. The number of rotatable bonds is 9. The molecule has 0 bridgehead atoms. The standard InChI is InChI=1S/C19H19FN2O3S2/c20-18-4-2-1-3-17(18)12-26-10-9-22-19(23)14-27(24,25)13-16-7-5-15(11-21)6-8-16/h1-8H,9-10,12-14H2,(H,22,23). The summed E-state index contributed by atoms with van der Waals surface area (Å²) in [7, 11) is -3.60. The van der Waals surface area contributed by atoms with Crippen LogP contribution in [-0.4, -0.2) is 32.4 Å². The highest BCUT2D eigenvalue weighted by molar-refractivity contribution is 7.98. The molecule has 0 unspecified atom stereocenters. The molecule has 0 aromatic heterocycles. The van der Waals surface area contributed by atoms with Crippen LogP contribution >= 0.6 is 11.8 Å². The molecule has 0 atom stereocenters. The average Bonchev–Trinajstić information content (AvgIpc) is 2.62. The molecule has 8 heteroatoms. The summed E-state index contributed by atoms with van der Waals surface area (Å²) in [5.41, 5.74) is 1.57. The van der Waals surface area contributed by atoms with Crippen LogP contribution in [-0.2, 0) is 26.1 Å². The Balaban J connectivity index is 1.71. The maximum Gasteiger partial charge on any atom is 0.235 e. The van der Waals surface area contributed by atoms with E-state index >= 15 is 0 Å². The maximum atomic E-state index is 13.5. The Morgan fingerprint density at radius 1 is 1.15 bits per heavy atom. The van der Waals surface area contributed by atoms with Crippen molar-refractivity contribution >= 4 is 27.5 Å². The number of carbonyl (C=O) groups is 1. The van der Waals surface area contributed by atoms with Crippen molar-refractivity contribution in [2.45, 2.75) is 11.5 Å². The first kappa shape index (κ1) is 20.9. The zero-order chi connectivity index (χ0) is 19.7. The fourth-order valence-electron chi connectivity index (χ4n) is 2.29. The van der Waals surface area contributed by atoms with Gasteiger partial charge in [-0.05, 0) is 29.3 Å². The SMILES string of the molecule is N#Cc1ccc(CS(=O)(=O)CC(=O)NCCSCc2ccccc2F)cc1. The van der Waals surface area contributed by atoms with Gasteiger partial charge in [-0.25, -0.2) is 12.8 Å². The Kier molecular flexibility index (Phi) is 7.82. The van der Waals surface area contributed by atoms with Gasteiger partial charge in [0.1, 0.15) is 11.6 Å². The lowest BCUT2D eigenvalue weighted by Gasteiger charge is -2.07. The summed E-state index contributed by atoms with van der Waals surface area (Å²) >= 11 is 1.46. The number of nitrogens with zero attached hydrogens (tertiary/aromatic N) is 1. The van der Waals surface area contributed by atoms with Crippen LogP contribution in [0.2, 0.25) is 0 Å². The van der Waals surface area contributed by atoms with E-state index in [4.69, 9.17) is 5.26 Å². The van der Waals surface area contributed by atoms with Crippen LogP contribution in [0.4, 0.5) is 4.39 Å². The fraction of sp³-hybridized carbons (Fsp3) is 0.263. The topological polar surface area (TPSA) is 87.0 Å². The molecule has 2 aromatic carbocycles. The molecule has 0 spiro atoms. The molecule has 2 aromatic rings. The van der Waals surface area contributed by atoms with Crippen molar-refractivity contribution in [3.63, 3.8) is 0 Å². The number of thioether (sulfide) groups is 1. The zero-order valence-corrected chi connectivity index (χ0v) is 16.2. The van der Waals surface area contributed by atoms with E-state index in [2.05, 4.69) is 5.32 Å². The Labute approximate surface area is 162 Å². The Hall–Kier alpha value is -2.37. The van der Waals surface area contributed by atoms with Gasteiger partial charge in [0.15, 0.2) is 9.84 Å². The van der Waals surface area contributed by atoms with Crippen LogP contribution in [0.25, 0.3) is 0 Å². The first-order valence-electron chi connectivity index (χ1n) is 8.17. The van der Waals surface area contributed by atoms with Gasteiger partial charge in [-0.1, -0.05) is 30.3 Å². The summed E-state index contributed by atoms with van der Waals surface area (Å²) in [6.07, 6.45) is 0. The number of halogens is 1. The molecular formula is C19H19FN2O3S2. The second kappa shape index (κ2) is 10.1. The van der Waals surface area contributed by atoms with Crippen LogP contribution in [0.3, 0.4) is 0 Å². The molecule has 1 amide bonds. The van der Waals surface area contributed by atoms with Crippen molar-refractivity contribution in [1.82, 2.24) is 5.32 Å². The molecule has 0 saturated heterocycles. The van der Waals surface area contributed by atoms with Crippen molar-refractivity contribution in [2.75, 3.05) is 18.1 Å². The third kappa shape index (κ3) is 7.41. The van der Waals surface area contributed by atoms with Crippen molar-refractivity contribution in [3.8, 4) is 6.07 Å². The highest BCUT2D eigenvalue weighted by atomic mass is 32.2. The Morgan fingerprint density at radius 3 is 2.52 bits per heavy atom. The molecule has 0 fully saturated rings. The van der Waals surface area contributed by atoms with Crippen LogP contribution in [0.1, 0.15) is 16.7 Å². The predicted octanol–water partition coefficient (Wildman–Crippen LogP) is 2.66. The number of hydrogen-bond donors (Lipinski definition) is 1. The van der Waals surface area contributed by atoms with Gasteiger partial charge in [-0.3, -0.25) is 4.79 Å². The van der Waals surface area contributed by atoms with E-state index in [1.165, 1.54) is 30.0 Å². The first-order chi connectivity index (χ1) is 12.9. The van der Waals surface area contributed by atoms with E-state index in [0.29, 0.717) is 34.7 Å². The van der Waals surface area contributed by atoms with Crippen molar-refractivity contribution in [1.29, 1.82) is 5.26 Å². The fourth-order valence-corrected chi connectivity index (χ4v) is 4.44. The Morgan fingerprint density at radius 2 is 1.85 bits per heavy atom. The summed E-state index contributed by atoms with van der Waals surface area (Å²) in [6, 6.07) is 14.7. The molecule has 5 nitrogen and oxygen atoms in total.